The number of hydrogen-bond acceptors (Lipinski definition) is 3. The number of morpholine rings is 1. The van der Waals surface area contributed by atoms with Crippen LogP contribution in [0.25, 0.3) is 0 Å². The van der Waals surface area contributed by atoms with Crippen molar-refractivity contribution in [3.8, 4) is 0 Å². The summed E-state index contributed by atoms with van der Waals surface area (Å²) in [4.78, 5) is 2.33. The molecule has 15 heavy (non-hydrogen) atoms. The number of ether oxygens (including phenoxy) is 1. The number of nitrogen functional groups attached to an aromatic ring is 1. The van der Waals surface area contributed by atoms with Gasteiger partial charge in [0.05, 0.1) is 12.7 Å². The van der Waals surface area contributed by atoms with Crippen LogP contribution >= 0.6 is 0 Å². The predicted octanol–water partition coefficient (Wildman–Crippen LogP) is 1.80. The van der Waals surface area contributed by atoms with Crippen molar-refractivity contribution in [2.24, 2.45) is 0 Å². The molecule has 2 rings (SSSR count). The number of nitrogens with zero attached hydrogens (tertiary/aromatic N) is 1. The van der Waals surface area contributed by atoms with Crippen molar-refractivity contribution in [1.82, 2.24) is 0 Å². The molecule has 1 atom stereocenters. The highest BCUT2D eigenvalue weighted by molar-refractivity contribution is 5.58. The molecular formula is C12H18N2O. The summed E-state index contributed by atoms with van der Waals surface area (Å²) >= 11 is 0. The summed E-state index contributed by atoms with van der Waals surface area (Å²) in [5.74, 6) is 0. The van der Waals surface area contributed by atoms with E-state index in [0.717, 1.165) is 25.4 Å². The maximum Gasteiger partial charge on any atom is 0.0722 e. The highest BCUT2D eigenvalue weighted by Crippen LogP contribution is 2.22. The van der Waals surface area contributed by atoms with Gasteiger partial charge < -0.3 is 15.4 Å². The number of anilines is 2. The lowest BCUT2D eigenvalue weighted by Crippen LogP contribution is -2.41. The smallest absolute Gasteiger partial charge is 0.0722 e. The molecule has 0 aliphatic carbocycles. The van der Waals surface area contributed by atoms with Gasteiger partial charge in [0.1, 0.15) is 0 Å². The molecule has 82 valence electrons. The zero-order chi connectivity index (χ0) is 10.8. The minimum atomic E-state index is 0.306. The Morgan fingerprint density at radius 1 is 1.40 bits per heavy atom. The lowest BCUT2D eigenvalue weighted by Gasteiger charge is -2.33. The standard InChI is InChI=1S/C12H18N2O/c1-9-5-11(13)7-12(6-9)14-3-4-15-10(2)8-14/h5-7,10H,3-4,8,13H2,1-2H3. The Bertz CT molecular complexity index is 331. The molecular weight excluding hydrogens is 188 g/mol. The molecule has 3 heteroatoms. The number of rotatable bonds is 1. The summed E-state index contributed by atoms with van der Waals surface area (Å²) in [6.07, 6.45) is 0.306. The van der Waals surface area contributed by atoms with Gasteiger partial charge in [-0.2, -0.15) is 0 Å². The molecule has 2 N–H and O–H groups in total. The van der Waals surface area contributed by atoms with Crippen LogP contribution in [0.4, 0.5) is 11.4 Å². The fourth-order valence-corrected chi connectivity index (χ4v) is 2.03. The minimum Gasteiger partial charge on any atom is -0.399 e. The van der Waals surface area contributed by atoms with Crippen molar-refractivity contribution >= 4 is 11.4 Å². The maximum atomic E-state index is 5.84. The molecule has 1 aliphatic rings. The van der Waals surface area contributed by atoms with Gasteiger partial charge in [-0.3, -0.25) is 0 Å². The van der Waals surface area contributed by atoms with Crippen LogP contribution in [0.2, 0.25) is 0 Å². The summed E-state index contributed by atoms with van der Waals surface area (Å²) in [7, 11) is 0. The second kappa shape index (κ2) is 4.11. The normalized spacial score (nSPS) is 21.7. The Balaban J connectivity index is 2.20. The van der Waals surface area contributed by atoms with Crippen LogP contribution in [-0.2, 0) is 4.74 Å². The number of aryl methyl sites for hydroxylation is 1. The van der Waals surface area contributed by atoms with Crippen LogP contribution in [0, 0.1) is 6.92 Å². The van der Waals surface area contributed by atoms with E-state index in [1.807, 2.05) is 12.1 Å². The molecule has 1 saturated heterocycles. The molecule has 1 aromatic rings. The largest absolute Gasteiger partial charge is 0.399 e. The van der Waals surface area contributed by atoms with E-state index in [1.54, 1.807) is 0 Å². The van der Waals surface area contributed by atoms with E-state index < -0.39 is 0 Å². The highest BCUT2D eigenvalue weighted by atomic mass is 16.5. The molecule has 0 aromatic heterocycles. The first-order valence-electron chi connectivity index (χ1n) is 5.39. The number of nitrogens with two attached hydrogens (primary N) is 1. The van der Waals surface area contributed by atoms with Gasteiger partial charge in [-0.25, -0.2) is 0 Å². The van der Waals surface area contributed by atoms with E-state index in [2.05, 4.69) is 24.8 Å². The third-order valence-corrected chi connectivity index (χ3v) is 2.69. The van der Waals surface area contributed by atoms with Gasteiger partial charge in [0.25, 0.3) is 0 Å². The van der Waals surface area contributed by atoms with Gasteiger partial charge in [0, 0.05) is 24.5 Å². The summed E-state index contributed by atoms with van der Waals surface area (Å²) in [6, 6.07) is 6.20. The van der Waals surface area contributed by atoms with E-state index in [0.29, 0.717) is 6.10 Å². The van der Waals surface area contributed by atoms with Crippen molar-refractivity contribution in [2.45, 2.75) is 20.0 Å². The SMILES string of the molecule is Cc1cc(N)cc(N2CCOC(C)C2)c1. The zero-order valence-corrected chi connectivity index (χ0v) is 9.36. The fraction of sp³-hybridized carbons (Fsp3) is 0.500. The van der Waals surface area contributed by atoms with Crippen molar-refractivity contribution in [2.75, 3.05) is 30.3 Å². The van der Waals surface area contributed by atoms with Crippen LogP contribution in [0.3, 0.4) is 0 Å². The first kappa shape index (κ1) is 10.3. The molecule has 1 unspecified atom stereocenters. The summed E-state index contributed by atoms with van der Waals surface area (Å²) in [5, 5.41) is 0. The van der Waals surface area contributed by atoms with Gasteiger partial charge in [0.2, 0.25) is 0 Å². The van der Waals surface area contributed by atoms with Crippen LogP contribution < -0.4 is 10.6 Å². The summed E-state index contributed by atoms with van der Waals surface area (Å²) in [6.45, 7) is 6.88. The van der Waals surface area contributed by atoms with E-state index in [9.17, 15) is 0 Å². The average molecular weight is 206 g/mol. The number of hydrogen-bond donors (Lipinski definition) is 1. The van der Waals surface area contributed by atoms with E-state index in [1.165, 1.54) is 11.3 Å². The lowest BCUT2D eigenvalue weighted by atomic mass is 10.1. The maximum absolute atomic E-state index is 5.84. The summed E-state index contributed by atoms with van der Waals surface area (Å²) in [5.41, 5.74) is 9.10. The van der Waals surface area contributed by atoms with Crippen LogP contribution in [0.1, 0.15) is 12.5 Å². The van der Waals surface area contributed by atoms with Gasteiger partial charge >= 0.3 is 0 Å². The monoisotopic (exact) mass is 206 g/mol. The Kier molecular flexibility index (Phi) is 2.82. The van der Waals surface area contributed by atoms with Crippen molar-refractivity contribution in [3.05, 3.63) is 23.8 Å². The Labute approximate surface area is 90.8 Å². The van der Waals surface area contributed by atoms with Crippen LogP contribution in [0.15, 0.2) is 18.2 Å². The molecule has 1 heterocycles. The molecule has 0 bridgehead atoms. The second-order valence-electron chi connectivity index (χ2n) is 4.23. The molecule has 0 spiro atoms. The molecule has 1 fully saturated rings. The van der Waals surface area contributed by atoms with Gasteiger partial charge in [-0.1, -0.05) is 0 Å². The van der Waals surface area contributed by atoms with E-state index in [4.69, 9.17) is 10.5 Å². The third kappa shape index (κ3) is 2.42. The summed E-state index contributed by atoms with van der Waals surface area (Å²) < 4.78 is 5.52. The molecule has 1 aromatic carbocycles. The first-order chi connectivity index (χ1) is 7.15. The van der Waals surface area contributed by atoms with Crippen LogP contribution in [-0.4, -0.2) is 25.8 Å². The molecule has 0 radical (unpaired) electrons. The minimum absolute atomic E-state index is 0.306. The van der Waals surface area contributed by atoms with Gasteiger partial charge in [-0.15, -0.1) is 0 Å². The van der Waals surface area contributed by atoms with E-state index >= 15 is 0 Å². The first-order valence-corrected chi connectivity index (χ1v) is 5.39. The zero-order valence-electron chi connectivity index (χ0n) is 9.36. The Morgan fingerprint density at radius 2 is 2.20 bits per heavy atom. The van der Waals surface area contributed by atoms with Gasteiger partial charge in [0.15, 0.2) is 0 Å². The molecule has 0 amide bonds. The van der Waals surface area contributed by atoms with Crippen LogP contribution in [0.5, 0.6) is 0 Å². The van der Waals surface area contributed by atoms with Crippen molar-refractivity contribution in [3.63, 3.8) is 0 Å². The Hall–Kier alpha value is -1.22. The van der Waals surface area contributed by atoms with Crippen molar-refractivity contribution < 1.29 is 4.74 Å². The molecule has 3 nitrogen and oxygen atoms in total. The quantitative estimate of drug-likeness (QED) is 0.712. The Morgan fingerprint density at radius 3 is 2.87 bits per heavy atom. The lowest BCUT2D eigenvalue weighted by molar-refractivity contribution is 0.0532. The second-order valence-corrected chi connectivity index (χ2v) is 4.23. The highest BCUT2D eigenvalue weighted by Gasteiger charge is 2.17. The third-order valence-electron chi connectivity index (χ3n) is 2.69. The number of benzene rings is 1. The fourth-order valence-electron chi connectivity index (χ4n) is 2.03. The predicted molar refractivity (Wildman–Crippen MR) is 63.2 cm³/mol. The molecule has 0 saturated carbocycles. The van der Waals surface area contributed by atoms with E-state index in [-0.39, 0.29) is 0 Å². The molecule has 1 aliphatic heterocycles. The van der Waals surface area contributed by atoms with Crippen molar-refractivity contribution in [1.29, 1.82) is 0 Å². The van der Waals surface area contributed by atoms with Gasteiger partial charge in [-0.05, 0) is 37.6 Å². The topological polar surface area (TPSA) is 38.5 Å². The average Bonchev–Trinajstić information content (AvgIpc) is 2.16.